The molecule has 41 heavy (non-hydrogen) atoms. The number of ether oxygens (including phenoxy) is 1. The summed E-state index contributed by atoms with van der Waals surface area (Å²) in [5, 5.41) is 0. The van der Waals surface area contributed by atoms with E-state index in [1.807, 2.05) is 47.1 Å². The second-order valence-electron chi connectivity index (χ2n) is 11.3. The SMILES string of the molecule is Cc1nc2ccc(C(=O)N3CCC4(CCCCc5ccccc5OCCN(C(=O)c5cnccn5)C4)CC3)cc2[nH]1. The van der Waals surface area contributed by atoms with Crippen LogP contribution in [0.15, 0.2) is 61.1 Å². The Bertz CT molecular complexity index is 1530. The van der Waals surface area contributed by atoms with Crippen LogP contribution in [0, 0.1) is 12.3 Å². The standard InChI is InChI=1S/C32H36N6O3/c1-23-35-26-10-9-25(20-27(26)36-23)30(39)37-16-12-32(13-17-37)11-5-4-7-24-6-2-3-8-29(24)41-19-18-38(22-32)31(40)28-21-33-14-15-34-28/h2-3,6,8-10,14-15,20-21H,4-5,7,11-13,16-19,22H2,1H3,(H,35,36). The number of likely N-dealkylation sites (tertiary alicyclic amines) is 1. The fourth-order valence-corrected chi connectivity index (χ4v) is 6.29. The van der Waals surface area contributed by atoms with Crippen LogP contribution in [0.1, 0.15) is 64.3 Å². The van der Waals surface area contributed by atoms with Gasteiger partial charge in [-0.05, 0) is 74.3 Å². The Balaban J connectivity index is 1.21. The third-order valence-electron chi connectivity index (χ3n) is 8.55. The maximum Gasteiger partial charge on any atom is 0.274 e. The van der Waals surface area contributed by atoms with Crippen molar-refractivity contribution >= 4 is 22.8 Å². The van der Waals surface area contributed by atoms with Gasteiger partial charge in [-0.15, -0.1) is 0 Å². The lowest BCUT2D eigenvalue weighted by atomic mass is 9.73. The third-order valence-corrected chi connectivity index (χ3v) is 8.55. The number of benzene rings is 2. The van der Waals surface area contributed by atoms with E-state index in [-0.39, 0.29) is 17.2 Å². The zero-order valence-corrected chi connectivity index (χ0v) is 23.5. The number of amides is 2. The van der Waals surface area contributed by atoms with E-state index < -0.39 is 0 Å². The van der Waals surface area contributed by atoms with Gasteiger partial charge in [0.05, 0.1) is 23.8 Å². The van der Waals surface area contributed by atoms with Gasteiger partial charge in [0, 0.05) is 37.6 Å². The number of hydrogen-bond acceptors (Lipinski definition) is 6. The number of carbonyl (C=O) groups is 2. The highest BCUT2D eigenvalue weighted by atomic mass is 16.5. The van der Waals surface area contributed by atoms with Crippen LogP contribution >= 0.6 is 0 Å². The van der Waals surface area contributed by atoms with Gasteiger partial charge >= 0.3 is 0 Å². The minimum absolute atomic E-state index is 0.0413. The highest BCUT2D eigenvalue weighted by Gasteiger charge is 2.39. The van der Waals surface area contributed by atoms with Gasteiger partial charge < -0.3 is 19.5 Å². The molecule has 0 saturated carbocycles. The molecule has 1 spiro atoms. The Labute approximate surface area is 240 Å². The topological polar surface area (TPSA) is 104 Å². The number of H-pyrrole nitrogens is 1. The number of rotatable bonds is 2. The zero-order chi connectivity index (χ0) is 28.2. The number of nitrogens with zero attached hydrogens (tertiary/aromatic N) is 5. The first kappa shape index (κ1) is 26.9. The molecular formula is C32H36N6O3. The fraction of sp³-hybridized carbons (Fsp3) is 0.406. The summed E-state index contributed by atoms with van der Waals surface area (Å²) in [6, 6.07) is 13.9. The van der Waals surface area contributed by atoms with Crippen molar-refractivity contribution in [2.75, 3.05) is 32.8 Å². The monoisotopic (exact) mass is 552 g/mol. The molecule has 1 N–H and O–H groups in total. The van der Waals surface area contributed by atoms with Crippen molar-refractivity contribution in [1.82, 2.24) is 29.7 Å². The van der Waals surface area contributed by atoms with Gasteiger partial charge in [0.15, 0.2) is 0 Å². The minimum atomic E-state index is -0.131. The molecule has 0 bridgehead atoms. The molecule has 2 amide bonds. The van der Waals surface area contributed by atoms with Crippen LogP contribution in [0.3, 0.4) is 0 Å². The molecule has 0 radical (unpaired) electrons. The molecule has 212 valence electrons. The molecule has 0 aliphatic carbocycles. The molecule has 1 fully saturated rings. The highest BCUT2D eigenvalue weighted by Crippen LogP contribution is 2.39. The summed E-state index contributed by atoms with van der Waals surface area (Å²) in [6.07, 6.45) is 10.4. The number of fused-ring (bicyclic) bond motifs is 2. The number of piperidine rings is 1. The van der Waals surface area contributed by atoms with Crippen molar-refractivity contribution in [2.45, 2.75) is 45.4 Å². The van der Waals surface area contributed by atoms with Gasteiger partial charge in [0.25, 0.3) is 11.8 Å². The van der Waals surface area contributed by atoms with Crippen LogP contribution in [0.2, 0.25) is 0 Å². The first-order chi connectivity index (χ1) is 20.0. The number of aromatic nitrogens is 4. The molecular weight excluding hydrogens is 516 g/mol. The third kappa shape index (κ3) is 5.94. The minimum Gasteiger partial charge on any atom is -0.491 e. The fourth-order valence-electron chi connectivity index (χ4n) is 6.29. The summed E-state index contributed by atoms with van der Waals surface area (Å²) < 4.78 is 6.19. The lowest BCUT2D eigenvalue weighted by Gasteiger charge is -2.45. The van der Waals surface area contributed by atoms with E-state index in [1.54, 1.807) is 12.4 Å². The number of aromatic amines is 1. The molecule has 2 aromatic heterocycles. The number of hydrogen-bond donors (Lipinski definition) is 1. The van der Waals surface area contributed by atoms with Crippen LogP contribution in [0.5, 0.6) is 5.75 Å². The van der Waals surface area contributed by atoms with E-state index in [1.165, 1.54) is 11.8 Å². The van der Waals surface area contributed by atoms with Gasteiger partial charge in [-0.25, -0.2) is 9.97 Å². The van der Waals surface area contributed by atoms with E-state index in [0.717, 1.165) is 61.1 Å². The summed E-state index contributed by atoms with van der Waals surface area (Å²) in [4.78, 5) is 47.1. The Morgan fingerprint density at radius 3 is 2.63 bits per heavy atom. The normalized spacial score (nSPS) is 17.8. The summed E-state index contributed by atoms with van der Waals surface area (Å²) in [5.74, 6) is 1.64. The molecule has 9 nitrogen and oxygen atoms in total. The first-order valence-corrected chi connectivity index (χ1v) is 14.5. The maximum atomic E-state index is 13.6. The van der Waals surface area contributed by atoms with Crippen LogP contribution in [-0.2, 0) is 6.42 Å². The smallest absolute Gasteiger partial charge is 0.274 e. The quantitative estimate of drug-likeness (QED) is 0.382. The van der Waals surface area contributed by atoms with Crippen LogP contribution in [0.4, 0.5) is 0 Å². The van der Waals surface area contributed by atoms with Gasteiger partial charge in [-0.3, -0.25) is 14.6 Å². The van der Waals surface area contributed by atoms with E-state index in [9.17, 15) is 9.59 Å². The summed E-state index contributed by atoms with van der Waals surface area (Å²) >= 11 is 0. The van der Waals surface area contributed by atoms with Crippen molar-refractivity contribution in [3.8, 4) is 5.75 Å². The Morgan fingerprint density at radius 2 is 1.80 bits per heavy atom. The van der Waals surface area contributed by atoms with Crippen molar-refractivity contribution in [1.29, 1.82) is 0 Å². The molecule has 4 heterocycles. The largest absolute Gasteiger partial charge is 0.491 e. The van der Waals surface area contributed by atoms with E-state index >= 15 is 0 Å². The molecule has 1 saturated heterocycles. The molecule has 0 atom stereocenters. The number of carbonyl (C=O) groups excluding carboxylic acids is 2. The van der Waals surface area contributed by atoms with Crippen molar-refractivity contribution in [2.24, 2.45) is 5.41 Å². The summed E-state index contributed by atoms with van der Waals surface area (Å²) in [5.41, 5.74) is 3.88. The highest BCUT2D eigenvalue weighted by molar-refractivity contribution is 5.97. The van der Waals surface area contributed by atoms with Crippen LogP contribution < -0.4 is 4.74 Å². The molecule has 6 rings (SSSR count). The van der Waals surface area contributed by atoms with E-state index in [2.05, 4.69) is 32.1 Å². The molecule has 0 unspecified atom stereocenters. The molecule has 2 aliphatic heterocycles. The Kier molecular flexibility index (Phi) is 7.67. The maximum absolute atomic E-state index is 13.6. The molecule has 4 aromatic rings. The number of nitrogens with one attached hydrogen (secondary N) is 1. The van der Waals surface area contributed by atoms with Crippen LogP contribution in [-0.4, -0.2) is 74.3 Å². The van der Waals surface area contributed by atoms with Crippen molar-refractivity contribution < 1.29 is 14.3 Å². The average molecular weight is 553 g/mol. The molecule has 2 aliphatic rings. The summed E-state index contributed by atoms with van der Waals surface area (Å²) in [7, 11) is 0. The van der Waals surface area contributed by atoms with Crippen molar-refractivity contribution in [3.05, 3.63) is 83.7 Å². The second-order valence-corrected chi connectivity index (χ2v) is 11.3. The van der Waals surface area contributed by atoms with Gasteiger partial charge in [-0.2, -0.15) is 0 Å². The van der Waals surface area contributed by atoms with E-state index in [4.69, 9.17) is 4.74 Å². The number of imidazole rings is 1. The van der Waals surface area contributed by atoms with Gasteiger partial charge in [0.2, 0.25) is 0 Å². The predicted octanol–water partition coefficient (Wildman–Crippen LogP) is 4.83. The van der Waals surface area contributed by atoms with Crippen molar-refractivity contribution in [3.63, 3.8) is 0 Å². The molecule has 2 aromatic carbocycles. The Morgan fingerprint density at radius 1 is 0.951 bits per heavy atom. The lowest BCUT2D eigenvalue weighted by molar-refractivity contribution is 0.0325. The summed E-state index contributed by atoms with van der Waals surface area (Å²) in [6.45, 7) is 4.69. The van der Waals surface area contributed by atoms with Gasteiger partial charge in [-0.1, -0.05) is 24.6 Å². The Hall–Kier alpha value is -4.27. The van der Waals surface area contributed by atoms with E-state index in [0.29, 0.717) is 44.0 Å². The zero-order valence-electron chi connectivity index (χ0n) is 23.5. The molecule has 9 heteroatoms. The van der Waals surface area contributed by atoms with Crippen LogP contribution in [0.25, 0.3) is 11.0 Å². The second kappa shape index (κ2) is 11.7. The number of aryl methyl sites for hydroxylation is 2. The predicted molar refractivity (Wildman–Crippen MR) is 156 cm³/mol. The average Bonchev–Trinajstić information content (AvgIpc) is 3.38. The number of para-hydroxylation sites is 1. The van der Waals surface area contributed by atoms with Gasteiger partial charge in [0.1, 0.15) is 23.9 Å². The lowest BCUT2D eigenvalue weighted by Crippen LogP contribution is -2.50. The first-order valence-electron chi connectivity index (χ1n) is 14.5.